The van der Waals surface area contributed by atoms with E-state index in [1.165, 1.54) is 0 Å². The van der Waals surface area contributed by atoms with Gasteiger partial charge in [-0.25, -0.2) is 13.6 Å². The van der Waals surface area contributed by atoms with Crippen LogP contribution in [0, 0.1) is 0 Å². The number of sulfonamides is 1. The first-order valence-corrected chi connectivity index (χ1v) is 6.62. The van der Waals surface area contributed by atoms with Gasteiger partial charge in [0.2, 0.25) is 10.0 Å². The highest BCUT2D eigenvalue weighted by molar-refractivity contribution is 7.89. The Morgan fingerprint density at radius 3 is 2.62 bits per heavy atom. The van der Waals surface area contributed by atoms with E-state index in [0.717, 1.165) is 0 Å². The predicted molar refractivity (Wildman–Crippen MR) is 58.9 cm³/mol. The maximum Gasteiger partial charge on any atom is 0.209 e. The van der Waals surface area contributed by atoms with Crippen LogP contribution < -0.4 is 10.5 Å². The molecule has 0 atom stereocenters. The molecule has 0 amide bonds. The van der Waals surface area contributed by atoms with Gasteiger partial charge in [0, 0.05) is 0 Å². The van der Waals surface area contributed by atoms with Gasteiger partial charge in [0.1, 0.15) is 18.1 Å². The summed E-state index contributed by atoms with van der Waals surface area (Å²) in [6, 6.07) is 3.46. The van der Waals surface area contributed by atoms with Crippen LogP contribution in [-0.2, 0) is 23.2 Å². The first kappa shape index (κ1) is 13.2. The highest BCUT2D eigenvalue weighted by Gasteiger charge is 2.02. The molecule has 0 aliphatic rings. The lowest BCUT2D eigenvalue weighted by Gasteiger charge is -2.01. The average Bonchev–Trinajstić information content (AvgIpc) is 2.63. The van der Waals surface area contributed by atoms with E-state index in [0.29, 0.717) is 31.0 Å². The van der Waals surface area contributed by atoms with E-state index in [2.05, 4.69) is 5.32 Å². The Labute approximate surface area is 94.5 Å². The lowest BCUT2D eigenvalue weighted by atomic mass is 10.4. The third-order valence-corrected chi connectivity index (χ3v) is 2.81. The maximum absolute atomic E-state index is 10.6. The summed E-state index contributed by atoms with van der Waals surface area (Å²) in [6.45, 7) is 0.932. The molecular formula is C9H16N2O4S. The van der Waals surface area contributed by atoms with E-state index in [9.17, 15) is 8.42 Å². The minimum atomic E-state index is -3.37. The zero-order chi connectivity index (χ0) is 12.0. The van der Waals surface area contributed by atoms with Gasteiger partial charge >= 0.3 is 0 Å². The minimum absolute atomic E-state index is 0.0277. The number of aliphatic hydroxyl groups is 1. The third-order valence-electron chi connectivity index (χ3n) is 1.95. The molecule has 0 aliphatic carbocycles. The fraction of sp³-hybridized carbons (Fsp3) is 0.556. The SMILES string of the molecule is NS(=O)(=O)CCCNCc1ccc(CO)o1. The molecule has 0 saturated carbocycles. The Morgan fingerprint density at radius 1 is 1.38 bits per heavy atom. The van der Waals surface area contributed by atoms with Gasteiger partial charge in [-0.2, -0.15) is 0 Å². The van der Waals surface area contributed by atoms with Crippen LogP contribution in [0.5, 0.6) is 0 Å². The zero-order valence-corrected chi connectivity index (χ0v) is 9.66. The number of rotatable bonds is 7. The Hall–Kier alpha value is -0.890. The van der Waals surface area contributed by atoms with Crippen LogP contribution in [0.2, 0.25) is 0 Å². The minimum Gasteiger partial charge on any atom is -0.462 e. The number of hydrogen-bond donors (Lipinski definition) is 3. The Morgan fingerprint density at radius 2 is 2.06 bits per heavy atom. The number of nitrogens with two attached hydrogens (primary N) is 1. The van der Waals surface area contributed by atoms with Crippen molar-refractivity contribution in [1.82, 2.24) is 5.32 Å². The monoisotopic (exact) mass is 248 g/mol. The summed E-state index contributed by atoms with van der Waals surface area (Å²) in [6.07, 6.45) is 0.465. The molecule has 92 valence electrons. The molecule has 0 aliphatic heterocycles. The van der Waals surface area contributed by atoms with Crippen molar-refractivity contribution >= 4 is 10.0 Å². The first-order chi connectivity index (χ1) is 7.51. The van der Waals surface area contributed by atoms with Crippen molar-refractivity contribution in [1.29, 1.82) is 0 Å². The second-order valence-corrected chi connectivity index (χ2v) is 5.16. The predicted octanol–water partition coefficient (Wildman–Crippen LogP) is -0.460. The van der Waals surface area contributed by atoms with E-state index >= 15 is 0 Å². The number of furan rings is 1. The van der Waals surface area contributed by atoms with Crippen LogP contribution in [0.25, 0.3) is 0 Å². The lowest BCUT2D eigenvalue weighted by molar-refractivity contribution is 0.243. The second-order valence-electron chi connectivity index (χ2n) is 3.42. The lowest BCUT2D eigenvalue weighted by Crippen LogP contribution is -2.21. The second kappa shape index (κ2) is 6.00. The molecule has 4 N–H and O–H groups in total. The van der Waals surface area contributed by atoms with Gasteiger partial charge < -0.3 is 14.8 Å². The summed E-state index contributed by atoms with van der Waals surface area (Å²) < 4.78 is 26.4. The largest absolute Gasteiger partial charge is 0.462 e. The van der Waals surface area contributed by atoms with Gasteiger partial charge in [-0.1, -0.05) is 0 Å². The first-order valence-electron chi connectivity index (χ1n) is 4.91. The third kappa shape index (κ3) is 5.26. The number of primary sulfonamides is 1. The van der Waals surface area contributed by atoms with Gasteiger partial charge in [-0.3, -0.25) is 0 Å². The summed E-state index contributed by atoms with van der Waals surface area (Å²) in [5.74, 6) is 1.20. The topological polar surface area (TPSA) is 106 Å². The van der Waals surface area contributed by atoms with Gasteiger partial charge in [0.05, 0.1) is 12.3 Å². The summed E-state index contributed by atoms with van der Waals surface area (Å²) >= 11 is 0. The van der Waals surface area contributed by atoms with Crippen molar-refractivity contribution in [2.75, 3.05) is 12.3 Å². The summed E-state index contributed by atoms with van der Waals surface area (Å²) in [4.78, 5) is 0. The maximum atomic E-state index is 10.6. The summed E-state index contributed by atoms with van der Waals surface area (Å²) in [5, 5.41) is 16.6. The number of aliphatic hydroxyl groups excluding tert-OH is 1. The fourth-order valence-corrected chi connectivity index (χ4v) is 1.76. The standard InChI is InChI=1S/C9H16N2O4S/c10-16(13,14)5-1-4-11-6-8-2-3-9(7-12)15-8/h2-3,11-12H,1,4-7H2,(H2,10,13,14). The van der Waals surface area contributed by atoms with E-state index in [-0.39, 0.29) is 12.4 Å². The van der Waals surface area contributed by atoms with Gasteiger partial charge in [-0.05, 0) is 25.1 Å². The molecule has 0 bridgehead atoms. The zero-order valence-electron chi connectivity index (χ0n) is 8.85. The quantitative estimate of drug-likeness (QED) is 0.566. The highest BCUT2D eigenvalue weighted by atomic mass is 32.2. The van der Waals surface area contributed by atoms with Gasteiger partial charge in [0.15, 0.2) is 0 Å². The van der Waals surface area contributed by atoms with E-state index in [1.807, 2.05) is 0 Å². The van der Waals surface area contributed by atoms with Gasteiger partial charge in [-0.15, -0.1) is 0 Å². The molecule has 0 spiro atoms. The molecule has 1 aromatic rings. The smallest absolute Gasteiger partial charge is 0.209 e. The molecular weight excluding hydrogens is 232 g/mol. The van der Waals surface area contributed by atoms with Crippen molar-refractivity contribution in [2.24, 2.45) is 5.14 Å². The molecule has 7 heteroatoms. The summed E-state index contributed by atoms with van der Waals surface area (Å²) in [5.41, 5.74) is 0. The van der Waals surface area contributed by atoms with Crippen molar-refractivity contribution in [3.05, 3.63) is 23.7 Å². The normalized spacial score (nSPS) is 11.9. The van der Waals surface area contributed by atoms with Crippen LogP contribution in [0.15, 0.2) is 16.5 Å². The molecule has 1 heterocycles. The fourth-order valence-electron chi connectivity index (χ4n) is 1.21. The molecule has 0 aromatic carbocycles. The van der Waals surface area contributed by atoms with Crippen LogP contribution in [0.3, 0.4) is 0 Å². The molecule has 6 nitrogen and oxygen atoms in total. The molecule has 16 heavy (non-hydrogen) atoms. The van der Waals surface area contributed by atoms with Crippen molar-refractivity contribution in [2.45, 2.75) is 19.6 Å². The van der Waals surface area contributed by atoms with Crippen LogP contribution in [-0.4, -0.2) is 25.8 Å². The molecule has 1 aromatic heterocycles. The number of hydrogen-bond acceptors (Lipinski definition) is 5. The summed E-state index contributed by atoms with van der Waals surface area (Å²) in [7, 11) is -3.37. The highest BCUT2D eigenvalue weighted by Crippen LogP contribution is 2.06. The van der Waals surface area contributed by atoms with E-state index in [4.69, 9.17) is 14.7 Å². The van der Waals surface area contributed by atoms with E-state index in [1.54, 1.807) is 12.1 Å². The Balaban J connectivity index is 2.16. The molecule has 0 saturated heterocycles. The van der Waals surface area contributed by atoms with E-state index < -0.39 is 10.0 Å². The molecule has 0 fully saturated rings. The van der Waals surface area contributed by atoms with Crippen LogP contribution in [0.4, 0.5) is 0 Å². The Bertz CT molecular complexity index is 413. The average molecular weight is 248 g/mol. The van der Waals surface area contributed by atoms with Crippen LogP contribution in [0.1, 0.15) is 17.9 Å². The van der Waals surface area contributed by atoms with Crippen molar-refractivity contribution in [3.63, 3.8) is 0 Å². The number of nitrogens with one attached hydrogen (secondary N) is 1. The van der Waals surface area contributed by atoms with Crippen LogP contribution >= 0.6 is 0 Å². The Kier molecular flexibility index (Phi) is 4.94. The van der Waals surface area contributed by atoms with Crippen molar-refractivity contribution in [3.8, 4) is 0 Å². The van der Waals surface area contributed by atoms with Crippen molar-refractivity contribution < 1.29 is 17.9 Å². The molecule has 0 unspecified atom stereocenters. The molecule has 0 radical (unpaired) electrons. The van der Waals surface area contributed by atoms with Gasteiger partial charge in [0.25, 0.3) is 0 Å². The molecule has 1 rings (SSSR count).